The van der Waals surface area contributed by atoms with Crippen molar-refractivity contribution in [3.05, 3.63) is 53.1 Å². The minimum Gasteiger partial charge on any atom is -0.199 e. The number of hydrogen-bond acceptors (Lipinski definition) is 2. The van der Waals surface area contributed by atoms with E-state index in [9.17, 15) is 8.42 Å². The smallest absolute Gasteiger partial charge is 0.199 e. The summed E-state index contributed by atoms with van der Waals surface area (Å²) in [6.45, 7) is 6.04. The van der Waals surface area contributed by atoms with Crippen molar-refractivity contribution >= 4 is 16.2 Å². The standard InChI is InChI=1S/C16H19NO2S/c1-12-4-8-16(9-5-12)20(18,19)17-11-15-7-6-13(2)14(3)10-15/h4-9,11,15H,10H2,1-3H3. The van der Waals surface area contributed by atoms with Crippen LogP contribution >= 0.6 is 0 Å². The molecule has 0 bridgehead atoms. The molecule has 0 radical (unpaired) electrons. The highest BCUT2D eigenvalue weighted by atomic mass is 32.2. The molecule has 1 unspecified atom stereocenters. The summed E-state index contributed by atoms with van der Waals surface area (Å²) in [5.41, 5.74) is 3.55. The summed E-state index contributed by atoms with van der Waals surface area (Å²) in [7, 11) is -3.59. The lowest BCUT2D eigenvalue weighted by atomic mass is 9.92. The number of rotatable bonds is 3. The van der Waals surface area contributed by atoms with Crippen LogP contribution in [0.25, 0.3) is 0 Å². The number of nitrogens with zero attached hydrogens (tertiary/aromatic N) is 1. The summed E-state index contributed by atoms with van der Waals surface area (Å²) in [5, 5.41) is 0. The highest BCUT2D eigenvalue weighted by Crippen LogP contribution is 2.22. The molecular weight excluding hydrogens is 270 g/mol. The number of sulfonamides is 1. The molecule has 0 fully saturated rings. The maximum atomic E-state index is 12.1. The second-order valence-corrected chi connectivity index (χ2v) is 6.87. The molecular formula is C16H19NO2S. The van der Waals surface area contributed by atoms with E-state index in [0.717, 1.165) is 12.0 Å². The van der Waals surface area contributed by atoms with Crippen molar-refractivity contribution in [3.63, 3.8) is 0 Å². The summed E-state index contributed by atoms with van der Waals surface area (Å²) < 4.78 is 28.0. The number of hydrogen-bond donors (Lipinski definition) is 0. The lowest BCUT2D eigenvalue weighted by molar-refractivity contribution is 0.598. The zero-order valence-corrected chi connectivity index (χ0v) is 12.8. The lowest BCUT2D eigenvalue weighted by Gasteiger charge is -2.14. The molecule has 4 heteroatoms. The fraction of sp³-hybridized carbons (Fsp3) is 0.312. The molecule has 3 nitrogen and oxygen atoms in total. The Bertz CT molecular complexity index is 680. The Labute approximate surface area is 120 Å². The van der Waals surface area contributed by atoms with Crippen molar-refractivity contribution < 1.29 is 8.42 Å². The van der Waals surface area contributed by atoms with Gasteiger partial charge in [0.05, 0.1) is 4.90 Å². The van der Waals surface area contributed by atoms with Gasteiger partial charge in [0.1, 0.15) is 0 Å². The Balaban J connectivity index is 2.15. The van der Waals surface area contributed by atoms with Gasteiger partial charge in [-0.15, -0.1) is 0 Å². The summed E-state index contributed by atoms with van der Waals surface area (Å²) in [6, 6.07) is 6.74. The Kier molecular flexibility index (Phi) is 4.23. The molecule has 0 heterocycles. The molecule has 0 amide bonds. The Morgan fingerprint density at radius 1 is 1.15 bits per heavy atom. The van der Waals surface area contributed by atoms with E-state index in [-0.39, 0.29) is 10.8 Å². The summed E-state index contributed by atoms with van der Waals surface area (Å²) in [5.74, 6) is 0.0546. The van der Waals surface area contributed by atoms with Gasteiger partial charge in [0.25, 0.3) is 10.0 Å². The van der Waals surface area contributed by atoms with Crippen LogP contribution in [0.4, 0.5) is 0 Å². The fourth-order valence-corrected chi connectivity index (χ4v) is 2.94. The van der Waals surface area contributed by atoms with E-state index in [1.807, 2.05) is 19.1 Å². The number of benzene rings is 1. The molecule has 1 aliphatic carbocycles. The first kappa shape index (κ1) is 14.7. The third kappa shape index (κ3) is 3.45. The van der Waals surface area contributed by atoms with E-state index in [1.54, 1.807) is 24.3 Å². The van der Waals surface area contributed by atoms with Crippen LogP contribution in [-0.4, -0.2) is 14.6 Å². The minimum atomic E-state index is -3.59. The first-order chi connectivity index (χ1) is 9.38. The third-order valence-corrected chi connectivity index (χ3v) is 4.79. The van der Waals surface area contributed by atoms with E-state index >= 15 is 0 Å². The van der Waals surface area contributed by atoms with Crippen molar-refractivity contribution in [2.75, 3.05) is 0 Å². The van der Waals surface area contributed by atoms with E-state index < -0.39 is 10.0 Å². The van der Waals surface area contributed by atoms with Gasteiger partial charge in [-0.2, -0.15) is 12.8 Å². The lowest BCUT2D eigenvalue weighted by Crippen LogP contribution is -2.06. The fourth-order valence-electron chi connectivity index (χ4n) is 2.02. The second-order valence-electron chi connectivity index (χ2n) is 5.23. The molecule has 0 aliphatic heterocycles. The van der Waals surface area contributed by atoms with Gasteiger partial charge in [-0.3, -0.25) is 0 Å². The van der Waals surface area contributed by atoms with Gasteiger partial charge in [-0.25, -0.2) is 0 Å². The van der Waals surface area contributed by atoms with Gasteiger partial charge in [-0.05, 0) is 39.3 Å². The normalized spacial score (nSPS) is 19.9. The predicted molar refractivity (Wildman–Crippen MR) is 82.5 cm³/mol. The van der Waals surface area contributed by atoms with Crippen molar-refractivity contribution in [1.82, 2.24) is 0 Å². The average molecular weight is 289 g/mol. The van der Waals surface area contributed by atoms with Gasteiger partial charge in [-0.1, -0.05) is 41.0 Å². The van der Waals surface area contributed by atoms with E-state index in [1.165, 1.54) is 17.4 Å². The molecule has 0 N–H and O–H groups in total. The first-order valence-electron chi connectivity index (χ1n) is 6.60. The molecule has 0 saturated heterocycles. The quantitative estimate of drug-likeness (QED) is 0.797. The van der Waals surface area contributed by atoms with E-state index in [0.29, 0.717) is 0 Å². The maximum absolute atomic E-state index is 12.1. The molecule has 1 aromatic carbocycles. The van der Waals surface area contributed by atoms with Crippen LogP contribution in [0.5, 0.6) is 0 Å². The van der Waals surface area contributed by atoms with E-state index in [2.05, 4.69) is 18.2 Å². The minimum absolute atomic E-state index is 0.0546. The molecule has 2 rings (SSSR count). The number of allylic oxidation sites excluding steroid dienone is 4. The first-order valence-corrected chi connectivity index (χ1v) is 8.04. The third-order valence-electron chi connectivity index (χ3n) is 3.52. The highest BCUT2D eigenvalue weighted by Gasteiger charge is 2.14. The largest absolute Gasteiger partial charge is 0.281 e. The highest BCUT2D eigenvalue weighted by molar-refractivity contribution is 7.90. The SMILES string of the molecule is CC1=C(C)CC(C=NS(=O)(=O)c2ccc(C)cc2)C=C1. The van der Waals surface area contributed by atoms with Crippen LogP contribution in [0.15, 0.2) is 56.9 Å². The summed E-state index contributed by atoms with van der Waals surface area (Å²) >= 11 is 0. The number of aryl methyl sites for hydroxylation is 1. The predicted octanol–water partition coefficient (Wildman–Crippen LogP) is 3.67. The van der Waals surface area contributed by atoms with Crippen LogP contribution < -0.4 is 0 Å². The molecule has 1 atom stereocenters. The Hall–Kier alpha value is -1.68. The van der Waals surface area contributed by atoms with Crippen LogP contribution in [0.3, 0.4) is 0 Å². The van der Waals surface area contributed by atoms with Crippen molar-refractivity contribution in [2.45, 2.75) is 32.1 Å². The Morgan fingerprint density at radius 3 is 2.40 bits per heavy atom. The van der Waals surface area contributed by atoms with Gasteiger partial charge in [0.15, 0.2) is 0 Å². The molecule has 20 heavy (non-hydrogen) atoms. The average Bonchev–Trinajstić information content (AvgIpc) is 2.41. The van der Waals surface area contributed by atoms with Crippen LogP contribution in [-0.2, 0) is 10.0 Å². The zero-order chi connectivity index (χ0) is 14.8. The van der Waals surface area contributed by atoms with Crippen molar-refractivity contribution in [2.24, 2.45) is 10.3 Å². The zero-order valence-electron chi connectivity index (χ0n) is 12.0. The molecule has 1 aromatic rings. The van der Waals surface area contributed by atoms with E-state index in [4.69, 9.17) is 0 Å². The van der Waals surface area contributed by atoms with Gasteiger partial charge in [0.2, 0.25) is 0 Å². The van der Waals surface area contributed by atoms with Crippen molar-refractivity contribution in [1.29, 1.82) is 0 Å². The van der Waals surface area contributed by atoms with Crippen LogP contribution in [0.2, 0.25) is 0 Å². The maximum Gasteiger partial charge on any atom is 0.281 e. The monoisotopic (exact) mass is 289 g/mol. The molecule has 0 saturated carbocycles. The molecule has 0 aromatic heterocycles. The topological polar surface area (TPSA) is 46.5 Å². The molecule has 0 spiro atoms. The molecule has 106 valence electrons. The van der Waals surface area contributed by atoms with Gasteiger partial charge < -0.3 is 0 Å². The van der Waals surface area contributed by atoms with Crippen LogP contribution in [0, 0.1) is 12.8 Å². The summed E-state index contributed by atoms with van der Waals surface area (Å²) in [6.07, 6.45) is 6.38. The Morgan fingerprint density at radius 2 is 1.80 bits per heavy atom. The van der Waals surface area contributed by atoms with Gasteiger partial charge in [0, 0.05) is 12.1 Å². The summed E-state index contributed by atoms with van der Waals surface area (Å²) in [4.78, 5) is 0.239. The molecule has 1 aliphatic rings. The van der Waals surface area contributed by atoms with Crippen molar-refractivity contribution in [3.8, 4) is 0 Å². The second kappa shape index (κ2) is 5.75. The van der Waals surface area contributed by atoms with Gasteiger partial charge >= 0.3 is 0 Å². The van der Waals surface area contributed by atoms with Crippen LogP contribution in [0.1, 0.15) is 25.8 Å².